The predicted octanol–water partition coefficient (Wildman–Crippen LogP) is 4.55. The fourth-order valence-electron chi connectivity index (χ4n) is 3.80. The molecule has 0 fully saturated rings. The van der Waals surface area contributed by atoms with Crippen molar-refractivity contribution in [1.82, 2.24) is 9.38 Å². The molecule has 0 amide bonds. The SMILES string of the molecule is Cc1ccc(OCCOCCOc2cccc(C=c3sc4nc5ccccc5n4c3=O)c2)cc1C. The molecule has 178 valence electrons. The van der Waals surface area contributed by atoms with Gasteiger partial charge in [-0.15, -0.1) is 0 Å². The Balaban J connectivity index is 1.15. The number of nitrogens with zero attached hydrogens (tertiary/aromatic N) is 2. The van der Waals surface area contributed by atoms with Crippen molar-refractivity contribution >= 4 is 33.4 Å². The average Bonchev–Trinajstić information content (AvgIpc) is 3.37. The van der Waals surface area contributed by atoms with E-state index < -0.39 is 0 Å². The van der Waals surface area contributed by atoms with Gasteiger partial charge in [0.2, 0.25) is 0 Å². The summed E-state index contributed by atoms with van der Waals surface area (Å²) in [5.41, 5.74) is 4.97. The Kier molecular flexibility index (Phi) is 6.79. The Morgan fingerprint density at radius 1 is 0.857 bits per heavy atom. The number of aryl methyl sites for hydroxylation is 2. The van der Waals surface area contributed by atoms with Crippen LogP contribution >= 0.6 is 11.3 Å². The number of aromatic nitrogens is 2. The average molecular weight is 487 g/mol. The lowest BCUT2D eigenvalue weighted by Crippen LogP contribution is -2.22. The number of thiazole rings is 1. The molecule has 0 bridgehead atoms. The van der Waals surface area contributed by atoms with E-state index in [0.29, 0.717) is 35.9 Å². The zero-order valence-corrected chi connectivity index (χ0v) is 20.5. The minimum absolute atomic E-state index is 0.0542. The van der Waals surface area contributed by atoms with E-state index in [4.69, 9.17) is 14.2 Å². The quantitative estimate of drug-likeness (QED) is 0.286. The molecule has 3 aromatic carbocycles. The van der Waals surface area contributed by atoms with Crippen LogP contribution in [0.2, 0.25) is 0 Å². The van der Waals surface area contributed by atoms with E-state index in [9.17, 15) is 4.79 Å². The van der Waals surface area contributed by atoms with Gasteiger partial charge in [0.25, 0.3) is 5.56 Å². The monoisotopic (exact) mass is 486 g/mol. The molecule has 0 saturated carbocycles. The van der Waals surface area contributed by atoms with Crippen molar-refractivity contribution in [2.45, 2.75) is 13.8 Å². The largest absolute Gasteiger partial charge is 0.491 e. The smallest absolute Gasteiger partial charge is 0.274 e. The summed E-state index contributed by atoms with van der Waals surface area (Å²) in [7, 11) is 0. The second-order valence-electron chi connectivity index (χ2n) is 8.26. The van der Waals surface area contributed by atoms with E-state index >= 15 is 0 Å². The van der Waals surface area contributed by atoms with Gasteiger partial charge in [0, 0.05) is 0 Å². The third-order valence-corrected chi connectivity index (χ3v) is 6.74. The van der Waals surface area contributed by atoms with Crippen LogP contribution in [0.3, 0.4) is 0 Å². The summed E-state index contributed by atoms with van der Waals surface area (Å²) in [6.07, 6.45) is 1.88. The van der Waals surface area contributed by atoms with Crippen molar-refractivity contribution in [3.05, 3.63) is 98.3 Å². The van der Waals surface area contributed by atoms with E-state index in [2.05, 4.69) is 24.9 Å². The molecular formula is C28H26N2O4S. The molecule has 0 atom stereocenters. The number of hydrogen-bond acceptors (Lipinski definition) is 6. The van der Waals surface area contributed by atoms with Gasteiger partial charge in [-0.05, 0) is 73.0 Å². The van der Waals surface area contributed by atoms with Crippen LogP contribution in [0, 0.1) is 13.8 Å². The molecule has 0 spiro atoms. The van der Waals surface area contributed by atoms with Crippen LogP contribution in [-0.4, -0.2) is 35.8 Å². The first-order valence-corrected chi connectivity index (χ1v) is 12.3. The van der Waals surface area contributed by atoms with E-state index in [0.717, 1.165) is 28.1 Å². The molecular weight excluding hydrogens is 460 g/mol. The zero-order valence-electron chi connectivity index (χ0n) is 19.7. The van der Waals surface area contributed by atoms with Gasteiger partial charge in [0.05, 0.1) is 28.8 Å². The van der Waals surface area contributed by atoms with Gasteiger partial charge in [0.15, 0.2) is 4.96 Å². The molecule has 0 aliphatic carbocycles. The van der Waals surface area contributed by atoms with Crippen LogP contribution in [0.4, 0.5) is 0 Å². The summed E-state index contributed by atoms with van der Waals surface area (Å²) in [5, 5.41) is 0. The molecule has 0 saturated heterocycles. The number of fused-ring (bicyclic) bond motifs is 3. The maximum Gasteiger partial charge on any atom is 0.274 e. The molecule has 0 N–H and O–H groups in total. The third kappa shape index (κ3) is 5.21. The lowest BCUT2D eigenvalue weighted by Gasteiger charge is -2.10. The zero-order chi connectivity index (χ0) is 24.2. The highest BCUT2D eigenvalue weighted by atomic mass is 32.1. The van der Waals surface area contributed by atoms with Gasteiger partial charge in [-0.25, -0.2) is 9.38 Å². The minimum Gasteiger partial charge on any atom is -0.491 e. The van der Waals surface area contributed by atoms with Gasteiger partial charge >= 0.3 is 0 Å². The van der Waals surface area contributed by atoms with E-state index in [1.807, 2.05) is 66.7 Å². The van der Waals surface area contributed by atoms with E-state index in [1.54, 1.807) is 4.40 Å². The number of hydrogen-bond donors (Lipinski definition) is 0. The molecule has 5 rings (SSSR count). The number of imidazole rings is 1. The van der Waals surface area contributed by atoms with Gasteiger partial charge in [-0.2, -0.15) is 0 Å². The fraction of sp³-hybridized carbons (Fsp3) is 0.214. The van der Waals surface area contributed by atoms with Gasteiger partial charge < -0.3 is 14.2 Å². The van der Waals surface area contributed by atoms with Crippen molar-refractivity contribution in [2.75, 3.05) is 26.4 Å². The van der Waals surface area contributed by atoms with Crippen LogP contribution in [0.25, 0.3) is 22.1 Å². The predicted molar refractivity (Wildman–Crippen MR) is 140 cm³/mol. The highest BCUT2D eigenvalue weighted by Crippen LogP contribution is 2.18. The summed E-state index contributed by atoms with van der Waals surface area (Å²) in [6, 6.07) is 21.4. The Morgan fingerprint density at radius 3 is 2.43 bits per heavy atom. The molecule has 0 radical (unpaired) electrons. The molecule has 5 aromatic rings. The number of rotatable bonds is 9. The molecule has 35 heavy (non-hydrogen) atoms. The minimum atomic E-state index is -0.0542. The summed E-state index contributed by atoms with van der Waals surface area (Å²) in [6.45, 7) is 6.03. The molecule has 7 heteroatoms. The number of para-hydroxylation sites is 2. The fourth-order valence-corrected chi connectivity index (χ4v) is 4.79. The first-order valence-electron chi connectivity index (χ1n) is 11.5. The van der Waals surface area contributed by atoms with Crippen molar-refractivity contribution < 1.29 is 14.2 Å². The summed E-state index contributed by atoms with van der Waals surface area (Å²) < 4.78 is 19.5. The molecule has 2 aromatic heterocycles. The van der Waals surface area contributed by atoms with Gasteiger partial charge in [0.1, 0.15) is 24.7 Å². The second-order valence-corrected chi connectivity index (χ2v) is 9.27. The van der Waals surface area contributed by atoms with Gasteiger partial charge in [-0.3, -0.25) is 4.79 Å². The van der Waals surface area contributed by atoms with Crippen LogP contribution < -0.4 is 19.6 Å². The third-order valence-electron chi connectivity index (χ3n) is 5.77. The number of ether oxygens (including phenoxy) is 3. The topological polar surface area (TPSA) is 62.1 Å². The lowest BCUT2D eigenvalue weighted by atomic mass is 10.1. The van der Waals surface area contributed by atoms with Crippen LogP contribution in [0.15, 0.2) is 71.5 Å². The summed E-state index contributed by atoms with van der Waals surface area (Å²) in [4.78, 5) is 18.2. The molecule has 6 nitrogen and oxygen atoms in total. The molecule has 0 unspecified atom stereocenters. The van der Waals surface area contributed by atoms with Crippen molar-refractivity contribution in [3.63, 3.8) is 0 Å². The summed E-state index contributed by atoms with van der Waals surface area (Å²) in [5.74, 6) is 1.59. The standard InChI is InChI=1S/C28H26N2O4S/c1-19-10-11-23(16-20(19)2)34-15-13-32-12-14-33-22-7-5-6-21(17-22)18-26-27(31)30-25-9-4-3-8-24(25)29-28(30)35-26/h3-11,16-18H,12-15H2,1-2H3. The van der Waals surface area contributed by atoms with Crippen LogP contribution in [0.1, 0.15) is 16.7 Å². The molecule has 0 aliphatic rings. The number of benzene rings is 3. The first kappa shape index (κ1) is 23.1. The first-order chi connectivity index (χ1) is 17.1. The van der Waals surface area contributed by atoms with Crippen molar-refractivity contribution in [3.8, 4) is 11.5 Å². The maximum atomic E-state index is 13.0. The van der Waals surface area contributed by atoms with Gasteiger partial charge in [-0.1, -0.05) is 41.7 Å². The highest BCUT2D eigenvalue weighted by Gasteiger charge is 2.10. The Labute approximate surface area is 207 Å². The second kappa shape index (κ2) is 10.3. The van der Waals surface area contributed by atoms with E-state index in [1.165, 1.54) is 22.5 Å². The Bertz CT molecular complexity index is 1590. The normalized spacial score (nSPS) is 12.0. The molecule has 0 aliphatic heterocycles. The van der Waals surface area contributed by atoms with Crippen molar-refractivity contribution in [1.29, 1.82) is 0 Å². The lowest BCUT2D eigenvalue weighted by molar-refractivity contribution is 0.0764. The van der Waals surface area contributed by atoms with E-state index in [-0.39, 0.29) is 5.56 Å². The summed E-state index contributed by atoms with van der Waals surface area (Å²) >= 11 is 1.39. The van der Waals surface area contributed by atoms with Crippen molar-refractivity contribution in [2.24, 2.45) is 0 Å². The Hall–Kier alpha value is -3.68. The maximum absolute atomic E-state index is 13.0. The molecule has 2 heterocycles. The van der Waals surface area contributed by atoms with Crippen LogP contribution in [0.5, 0.6) is 11.5 Å². The Morgan fingerprint density at radius 2 is 1.63 bits per heavy atom. The highest BCUT2D eigenvalue weighted by molar-refractivity contribution is 7.15. The van der Waals surface area contributed by atoms with Crippen LogP contribution in [-0.2, 0) is 4.74 Å².